The Balaban J connectivity index is 2.05. The summed E-state index contributed by atoms with van der Waals surface area (Å²) in [6.45, 7) is 0.914. The molecule has 0 aromatic carbocycles. The largest absolute Gasteiger partial charge is 0.477 e. The molecule has 5 heteroatoms. The molecule has 2 aromatic heterocycles. The highest BCUT2D eigenvalue weighted by atomic mass is 32.2. The second-order valence-corrected chi connectivity index (χ2v) is 5.21. The number of hydrogen-bond acceptors (Lipinski definition) is 5. The van der Waals surface area contributed by atoms with E-state index >= 15 is 0 Å². The van der Waals surface area contributed by atoms with Crippen LogP contribution in [-0.4, -0.2) is 34.0 Å². The minimum Gasteiger partial charge on any atom is -0.477 e. The third-order valence-corrected chi connectivity index (χ3v) is 3.98. The predicted octanol–water partition coefficient (Wildman–Crippen LogP) is 2.04. The highest BCUT2D eigenvalue weighted by Gasteiger charge is 2.20. The molecule has 0 saturated heterocycles. The smallest absolute Gasteiger partial charge is 0.218 e. The van der Waals surface area contributed by atoms with Crippen molar-refractivity contribution in [3.63, 3.8) is 0 Å². The van der Waals surface area contributed by atoms with Crippen LogP contribution in [-0.2, 0) is 6.42 Å². The lowest BCUT2D eigenvalue weighted by Crippen LogP contribution is -1.94. The Morgan fingerprint density at radius 1 is 1.44 bits per heavy atom. The van der Waals surface area contributed by atoms with E-state index in [2.05, 4.69) is 16.0 Å². The van der Waals surface area contributed by atoms with Gasteiger partial charge in [-0.1, -0.05) is 6.07 Å². The molecule has 3 heterocycles. The molecular weight excluding hydrogens is 248 g/mol. The molecule has 0 unspecified atom stereocenters. The van der Waals surface area contributed by atoms with E-state index in [1.807, 2.05) is 6.07 Å². The lowest BCUT2D eigenvalue weighted by Gasteiger charge is -2.08. The first-order chi connectivity index (χ1) is 8.90. The molecule has 1 N–H and O–H groups in total. The first-order valence-electron chi connectivity index (χ1n) is 6.04. The van der Waals surface area contributed by atoms with Crippen LogP contribution in [0.15, 0.2) is 23.4 Å². The van der Waals surface area contributed by atoms with Gasteiger partial charge in [-0.2, -0.15) is 0 Å². The Bertz CT molecular complexity index is 574. The monoisotopic (exact) mass is 262 g/mol. The Morgan fingerprint density at radius 2 is 2.39 bits per heavy atom. The zero-order valence-electron chi connectivity index (χ0n) is 9.93. The maximum Gasteiger partial charge on any atom is 0.218 e. The van der Waals surface area contributed by atoms with E-state index < -0.39 is 0 Å². The highest BCUT2D eigenvalue weighted by Crippen LogP contribution is 2.35. The van der Waals surface area contributed by atoms with E-state index in [9.17, 15) is 0 Å². The summed E-state index contributed by atoms with van der Waals surface area (Å²) in [7, 11) is 0. The van der Waals surface area contributed by atoms with Gasteiger partial charge in [-0.15, -0.1) is 11.8 Å². The maximum atomic E-state index is 8.84. The Kier molecular flexibility index (Phi) is 3.34. The van der Waals surface area contributed by atoms with Crippen molar-refractivity contribution in [2.24, 2.45) is 0 Å². The van der Waals surface area contributed by atoms with E-state index in [4.69, 9.17) is 9.84 Å². The molecule has 3 rings (SSSR count). The number of aliphatic hydroxyl groups excluding tert-OH is 1. The molecule has 2 aromatic rings. The molecule has 0 fully saturated rings. The molecule has 4 nitrogen and oxygen atoms in total. The van der Waals surface area contributed by atoms with Crippen LogP contribution in [0.25, 0.3) is 10.9 Å². The Hall–Kier alpha value is -1.33. The number of aliphatic hydroxyl groups is 1. The van der Waals surface area contributed by atoms with E-state index in [0.29, 0.717) is 6.61 Å². The van der Waals surface area contributed by atoms with Gasteiger partial charge in [0.2, 0.25) is 5.88 Å². The van der Waals surface area contributed by atoms with Gasteiger partial charge in [0.15, 0.2) is 0 Å². The van der Waals surface area contributed by atoms with Crippen LogP contribution in [0, 0.1) is 0 Å². The van der Waals surface area contributed by atoms with Gasteiger partial charge in [-0.05, 0) is 12.5 Å². The number of rotatable bonds is 4. The van der Waals surface area contributed by atoms with Crippen molar-refractivity contribution in [3.8, 4) is 5.88 Å². The van der Waals surface area contributed by atoms with Crippen molar-refractivity contribution in [2.45, 2.75) is 17.9 Å². The Labute approximate surface area is 109 Å². The number of aromatic nitrogens is 2. The summed E-state index contributed by atoms with van der Waals surface area (Å²) >= 11 is 1.63. The minimum absolute atomic E-state index is 0.208. The molecule has 1 aliphatic heterocycles. The Morgan fingerprint density at radius 3 is 3.28 bits per heavy atom. The normalized spacial score (nSPS) is 13.6. The third-order valence-electron chi connectivity index (χ3n) is 2.93. The molecule has 1 aliphatic rings. The molecular formula is C13H14N2O2S. The van der Waals surface area contributed by atoms with E-state index in [0.717, 1.165) is 40.4 Å². The summed E-state index contributed by atoms with van der Waals surface area (Å²) in [5.41, 5.74) is 2.12. The first kappa shape index (κ1) is 11.7. The number of ether oxygens (including phenoxy) is 1. The minimum atomic E-state index is 0.208. The van der Waals surface area contributed by atoms with E-state index in [1.54, 1.807) is 18.0 Å². The summed E-state index contributed by atoms with van der Waals surface area (Å²) in [6.07, 6.45) is 3.47. The zero-order chi connectivity index (χ0) is 12.4. The first-order valence-corrected chi connectivity index (χ1v) is 7.03. The molecule has 0 atom stereocenters. The molecule has 0 amide bonds. The molecule has 94 valence electrons. The number of nitrogens with zero attached hydrogens (tertiary/aromatic N) is 2. The summed E-state index contributed by atoms with van der Waals surface area (Å²) in [4.78, 5) is 8.99. The van der Waals surface area contributed by atoms with Gasteiger partial charge in [0.05, 0.1) is 6.61 Å². The van der Waals surface area contributed by atoms with E-state index in [1.165, 1.54) is 5.56 Å². The summed E-state index contributed by atoms with van der Waals surface area (Å²) in [5.74, 6) is 1.59. The molecule has 0 bridgehead atoms. The van der Waals surface area contributed by atoms with Crippen LogP contribution in [0.5, 0.6) is 5.88 Å². The fourth-order valence-corrected chi connectivity index (χ4v) is 3.01. The van der Waals surface area contributed by atoms with Crippen molar-refractivity contribution in [1.29, 1.82) is 0 Å². The van der Waals surface area contributed by atoms with Crippen molar-refractivity contribution in [1.82, 2.24) is 9.97 Å². The van der Waals surface area contributed by atoms with Crippen LogP contribution < -0.4 is 4.74 Å². The van der Waals surface area contributed by atoms with Crippen LogP contribution >= 0.6 is 11.8 Å². The molecule has 0 radical (unpaired) electrons. The van der Waals surface area contributed by atoms with Gasteiger partial charge in [0.1, 0.15) is 10.5 Å². The topological polar surface area (TPSA) is 55.2 Å². The van der Waals surface area contributed by atoms with Gasteiger partial charge >= 0.3 is 0 Å². The number of pyridine rings is 2. The van der Waals surface area contributed by atoms with Gasteiger partial charge in [0.25, 0.3) is 0 Å². The lowest BCUT2D eigenvalue weighted by molar-refractivity contribution is 0.296. The van der Waals surface area contributed by atoms with Gasteiger partial charge in [-0.25, -0.2) is 4.98 Å². The van der Waals surface area contributed by atoms with E-state index in [-0.39, 0.29) is 6.61 Å². The molecule has 0 saturated carbocycles. The fraction of sp³-hybridized carbons (Fsp3) is 0.385. The van der Waals surface area contributed by atoms with Crippen molar-refractivity contribution >= 4 is 22.7 Å². The van der Waals surface area contributed by atoms with Gasteiger partial charge in [0, 0.05) is 35.9 Å². The zero-order valence-corrected chi connectivity index (χ0v) is 10.7. The second kappa shape index (κ2) is 5.12. The van der Waals surface area contributed by atoms with Crippen LogP contribution in [0.1, 0.15) is 12.0 Å². The van der Waals surface area contributed by atoms with Gasteiger partial charge < -0.3 is 9.84 Å². The second-order valence-electron chi connectivity index (χ2n) is 4.12. The summed E-state index contributed by atoms with van der Waals surface area (Å²) in [6, 6.07) is 4.02. The van der Waals surface area contributed by atoms with Crippen molar-refractivity contribution in [3.05, 3.63) is 23.9 Å². The molecule has 18 heavy (non-hydrogen) atoms. The average molecular weight is 262 g/mol. The van der Waals surface area contributed by atoms with Crippen molar-refractivity contribution in [2.75, 3.05) is 19.0 Å². The van der Waals surface area contributed by atoms with Crippen molar-refractivity contribution < 1.29 is 9.84 Å². The van der Waals surface area contributed by atoms with Crippen LogP contribution in [0.2, 0.25) is 0 Å². The van der Waals surface area contributed by atoms with Crippen LogP contribution in [0.3, 0.4) is 0 Å². The number of fused-ring (bicyclic) bond motifs is 3. The summed E-state index contributed by atoms with van der Waals surface area (Å²) < 4.78 is 5.55. The number of hydrogen-bond donors (Lipinski definition) is 1. The lowest BCUT2D eigenvalue weighted by atomic mass is 10.1. The molecule has 0 spiro atoms. The number of thioether (sulfide) groups is 1. The van der Waals surface area contributed by atoms with Crippen LogP contribution in [0.4, 0.5) is 0 Å². The average Bonchev–Trinajstić information content (AvgIpc) is 2.87. The van der Waals surface area contributed by atoms with Gasteiger partial charge in [-0.3, -0.25) is 4.98 Å². The predicted molar refractivity (Wildman–Crippen MR) is 71.2 cm³/mol. The quantitative estimate of drug-likeness (QED) is 0.675. The fourth-order valence-electron chi connectivity index (χ4n) is 2.09. The third kappa shape index (κ3) is 2.04. The SMILES string of the molecule is OCCCSc1nc2c(c3cccnc13)CCO2. The standard InChI is InChI=1S/C13H14N2O2S/c16-6-2-8-18-13-11-9(3-1-5-14-11)10-4-7-17-12(10)15-13/h1,3,5,16H,2,4,6-8H2. The molecule has 0 aliphatic carbocycles. The maximum absolute atomic E-state index is 8.84. The summed E-state index contributed by atoms with van der Waals surface area (Å²) in [5, 5.41) is 10.9. The highest BCUT2D eigenvalue weighted by molar-refractivity contribution is 7.99.